The summed E-state index contributed by atoms with van der Waals surface area (Å²) in [5.74, 6) is 0.0787. The Labute approximate surface area is 186 Å². The second kappa shape index (κ2) is 9.92. The molecule has 1 atom stereocenters. The number of nitrogens with zero attached hydrogens (tertiary/aromatic N) is 3. The van der Waals surface area contributed by atoms with Gasteiger partial charge in [-0.05, 0) is 37.0 Å². The summed E-state index contributed by atoms with van der Waals surface area (Å²) in [5.41, 5.74) is 2.07. The number of carbonyl (C=O) groups excluding carboxylic acids is 2. The maximum Gasteiger partial charge on any atom is 0.317 e. The van der Waals surface area contributed by atoms with E-state index < -0.39 is 0 Å². The largest absolute Gasteiger partial charge is 0.337 e. The third kappa shape index (κ3) is 5.22. The number of fused-ring (bicyclic) bond motifs is 1. The van der Waals surface area contributed by atoms with E-state index in [1.165, 1.54) is 0 Å². The van der Waals surface area contributed by atoms with Crippen LogP contribution in [0.2, 0.25) is 0 Å². The number of thiazole rings is 1. The highest BCUT2D eigenvalue weighted by Gasteiger charge is 2.30. The molecule has 1 aromatic heterocycles. The predicted molar refractivity (Wildman–Crippen MR) is 124 cm³/mol. The van der Waals surface area contributed by atoms with Crippen molar-refractivity contribution in [3.05, 3.63) is 65.2 Å². The van der Waals surface area contributed by atoms with Gasteiger partial charge in [-0.15, -0.1) is 11.3 Å². The first kappa shape index (κ1) is 21.3. The fourth-order valence-electron chi connectivity index (χ4n) is 4.00. The van der Waals surface area contributed by atoms with E-state index in [1.54, 1.807) is 23.3 Å². The Balaban J connectivity index is 1.32. The molecule has 162 valence electrons. The van der Waals surface area contributed by atoms with E-state index in [0.717, 1.165) is 46.6 Å². The lowest BCUT2D eigenvalue weighted by Crippen LogP contribution is -2.42. The molecule has 0 saturated carbocycles. The first-order valence-corrected chi connectivity index (χ1v) is 11.6. The first-order valence-electron chi connectivity index (χ1n) is 10.8. The number of hydrogen-bond donors (Lipinski definition) is 1. The van der Waals surface area contributed by atoms with Crippen LogP contribution in [-0.4, -0.2) is 46.9 Å². The summed E-state index contributed by atoms with van der Waals surface area (Å²) in [6.07, 6.45) is 3.36. The molecule has 3 aromatic rings. The maximum atomic E-state index is 13.0. The molecule has 1 saturated heterocycles. The predicted octanol–water partition coefficient (Wildman–Crippen LogP) is 4.58. The van der Waals surface area contributed by atoms with E-state index in [0.29, 0.717) is 19.5 Å². The molecule has 0 aliphatic carbocycles. The normalized spacial score (nSPS) is 16.3. The minimum atomic E-state index is -0.168. The van der Waals surface area contributed by atoms with Crippen LogP contribution in [0.25, 0.3) is 10.2 Å². The molecule has 0 spiro atoms. The average Bonchev–Trinajstić information content (AvgIpc) is 3.24. The van der Waals surface area contributed by atoms with E-state index in [4.69, 9.17) is 4.98 Å². The number of benzene rings is 2. The van der Waals surface area contributed by atoms with Gasteiger partial charge in [-0.1, -0.05) is 42.5 Å². The monoisotopic (exact) mass is 436 g/mol. The third-order valence-electron chi connectivity index (χ3n) is 5.64. The van der Waals surface area contributed by atoms with Crippen molar-refractivity contribution in [1.29, 1.82) is 0 Å². The van der Waals surface area contributed by atoms with Crippen LogP contribution < -0.4 is 5.32 Å². The minimum Gasteiger partial charge on any atom is -0.337 e. The molecule has 1 aliphatic heterocycles. The van der Waals surface area contributed by atoms with Gasteiger partial charge in [0.2, 0.25) is 5.91 Å². The van der Waals surface area contributed by atoms with E-state index in [1.807, 2.05) is 53.4 Å². The molecule has 4 rings (SSSR count). The third-order valence-corrected chi connectivity index (χ3v) is 6.78. The summed E-state index contributed by atoms with van der Waals surface area (Å²) in [7, 11) is 1.76. The van der Waals surface area contributed by atoms with Gasteiger partial charge in [0, 0.05) is 33.1 Å². The molecule has 1 N–H and O–H groups in total. The Hall–Kier alpha value is -2.93. The van der Waals surface area contributed by atoms with Crippen molar-refractivity contribution < 1.29 is 9.59 Å². The first-order chi connectivity index (χ1) is 15.1. The Morgan fingerprint density at radius 3 is 2.71 bits per heavy atom. The molecule has 1 unspecified atom stereocenters. The van der Waals surface area contributed by atoms with Crippen molar-refractivity contribution >= 4 is 33.5 Å². The smallest absolute Gasteiger partial charge is 0.317 e. The minimum absolute atomic E-state index is 0.0371. The van der Waals surface area contributed by atoms with Gasteiger partial charge in [-0.25, -0.2) is 9.78 Å². The SMILES string of the molecule is CN(Cc1ccccc1)C(=O)NCCC(=O)N1CCCCC1c1nc2ccccc2s1. The van der Waals surface area contributed by atoms with Gasteiger partial charge >= 0.3 is 6.03 Å². The van der Waals surface area contributed by atoms with E-state index in [9.17, 15) is 9.59 Å². The van der Waals surface area contributed by atoms with Gasteiger partial charge in [0.25, 0.3) is 0 Å². The molecule has 2 aromatic carbocycles. The van der Waals surface area contributed by atoms with Crippen molar-refractivity contribution in [3.63, 3.8) is 0 Å². The molecule has 1 fully saturated rings. The Morgan fingerprint density at radius 2 is 1.90 bits per heavy atom. The second-order valence-corrected chi connectivity index (χ2v) is 9.00. The van der Waals surface area contributed by atoms with Crippen LogP contribution >= 0.6 is 11.3 Å². The summed E-state index contributed by atoms with van der Waals surface area (Å²) in [4.78, 5) is 33.7. The number of nitrogens with one attached hydrogen (secondary N) is 1. The quantitative estimate of drug-likeness (QED) is 0.615. The number of urea groups is 1. The average molecular weight is 437 g/mol. The molecule has 0 radical (unpaired) electrons. The number of para-hydroxylation sites is 1. The zero-order valence-electron chi connectivity index (χ0n) is 17.8. The Bertz CT molecular complexity index is 1000. The highest BCUT2D eigenvalue weighted by atomic mass is 32.1. The molecule has 7 heteroatoms. The Morgan fingerprint density at radius 1 is 1.13 bits per heavy atom. The molecule has 1 aliphatic rings. The number of carbonyl (C=O) groups is 2. The summed E-state index contributed by atoms with van der Waals surface area (Å²) in [6, 6.07) is 17.8. The number of rotatable bonds is 6. The van der Waals surface area contributed by atoms with Crippen molar-refractivity contribution in [1.82, 2.24) is 20.1 Å². The lowest BCUT2D eigenvalue weighted by atomic mass is 10.0. The fourth-order valence-corrected chi connectivity index (χ4v) is 5.12. The van der Waals surface area contributed by atoms with Crippen LogP contribution in [0.3, 0.4) is 0 Å². The number of aromatic nitrogens is 1. The van der Waals surface area contributed by atoms with Gasteiger partial charge in [0.1, 0.15) is 5.01 Å². The summed E-state index contributed by atoms with van der Waals surface area (Å²) < 4.78 is 1.16. The van der Waals surface area contributed by atoms with Gasteiger partial charge < -0.3 is 15.1 Å². The van der Waals surface area contributed by atoms with E-state index in [2.05, 4.69) is 11.4 Å². The van der Waals surface area contributed by atoms with Crippen molar-refractivity contribution in [2.75, 3.05) is 20.1 Å². The van der Waals surface area contributed by atoms with Crippen molar-refractivity contribution in [2.24, 2.45) is 0 Å². The zero-order valence-corrected chi connectivity index (χ0v) is 18.6. The second-order valence-electron chi connectivity index (χ2n) is 7.94. The summed E-state index contributed by atoms with van der Waals surface area (Å²) >= 11 is 1.68. The molecular weight excluding hydrogens is 408 g/mol. The van der Waals surface area contributed by atoms with E-state index in [-0.39, 0.29) is 18.0 Å². The molecule has 3 amide bonds. The molecule has 31 heavy (non-hydrogen) atoms. The maximum absolute atomic E-state index is 13.0. The topological polar surface area (TPSA) is 65.5 Å². The van der Waals surface area contributed by atoms with Crippen LogP contribution in [0.15, 0.2) is 54.6 Å². The van der Waals surface area contributed by atoms with Gasteiger partial charge in [0.15, 0.2) is 0 Å². The highest BCUT2D eigenvalue weighted by molar-refractivity contribution is 7.18. The van der Waals surface area contributed by atoms with Crippen molar-refractivity contribution in [3.8, 4) is 0 Å². The van der Waals surface area contributed by atoms with Crippen LogP contribution in [0.1, 0.15) is 42.3 Å². The lowest BCUT2D eigenvalue weighted by Gasteiger charge is -2.34. The van der Waals surface area contributed by atoms with Gasteiger partial charge in [0.05, 0.1) is 16.3 Å². The number of piperidine rings is 1. The molecule has 0 bridgehead atoms. The van der Waals surface area contributed by atoms with E-state index >= 15 is 0 Å². The summed E-state index contributed by atoms with van der Waals surface area (Å²) in [6.45, 7) is 1.62. The molecular formula is C24H28N4O2S. The molecule has 6 nitrogen and oxygen atoms in total. The van der Waals surface area contributed by atoms with Crippen molar-refractivity contribution in [2.45, 2.75) is 38.3 Å². The summed E-state index contributed by atoms with van der Waals surface area (Å²) in [5, 5.41) is 3.89. The Kier molecular flexibility index (Phi) is 6.82. The van der Waals surface area contributed by atoms with Crippen LogP contribution in [0.4, 0.5) is 4.79 Å². The molecule has 2 heterocycles. The lowest BCUT2D eigenvalue weighted by molar-refractivity contribution is -0.134. The standard InChI is InChI=1S/C24H28N4O2S/c1-27(17-18-9-3-2-4-10-18)24(30)25-15-14-22(29)28-16-8-7-12-20(28)23-26-19-11-5-6-13-21(19)31-23/h2-6,9-11,13,20H,7-8,12,14-17H2,1H3,(H,25,30). The van der Waals surface area contributed by atoms with Crippen LogP contribution in [-0.2, 0) is 11.3 Å². The number of amides is 3. The van der Waals surface area contributed by atoms with Crippen LogP contribution in [0, 0.1) is 0 Å². The fraction of sp³-hybridized carbons (Fsp3) is 0.375. The number of hydrogen-bond acceptors (Lipinski definition) is 4. The zero-order chi connectivity index (χ0) is 21.6. The van der Waals surface area contributed by atoms with Gasteiger partial charge in [-0.3, -0.25) is 4.79 Å². The number of likely N-dealkylation sites (tertiary alicyclic amines) is 1. The highest BCUT2D eigenvalue weighted by Crippen LogP contribution is 2.35. The van der Waals surface area contributed by atoms with Crippen LogP contribution in [0.5, 0.6) is 0 Å². The van der Waals surface area contributed by atoms with Gasteiger partial charge in [-0.2, -0.15) is 0 Å².